The first-order chi connectivity index (χ1) is 16.7. The molecule has 0 aromatic carbocycles. The van der Waals surface area contributed by atoms with Crippen LogP contribution in [0.2, 0.25) is 0 Å². The third kappa shape index (κ3) is 4.59. The normalized spacial score (nSPS) is 33.9. The Morgan fingerprint density at radius 2 is 1.11 bits per heavy atom. The number of carbonyl (C=O) groups is 4. The van der Waals surface area contributed by atoms with Crippen LogP contribution in [-0.4, -0.2) is 47.3 Å². The summed E-state index contributed by atoms with van der Waals surface area (Å²) in [7, 11) is 0. The van der Waals surface area contributed by atoms with Gasteiger partial charge in [0.15, 0.2) is 0 Å². The summed E-state index contributed by atoms with van der Waals surface area (Å²) in [5.74, 6) is -3.37. The number of carboxylic acid groups (broad SMARTS) is 2. The topological polar surface area (TPSA) is 127 Å². The van der Waals surface area contributed by atoms with E-state index < -0.39 is 40.1 Å². The second-order valence-corrected chi connectivity index (χ2v) is 12.0. The molecule has 0 spiro atoms. The van der Waals surface area contributed by atoms with Gasteiger partial charge in [0.1, 0.15) is 0 Å². The maximum absolute atomic E-state index is 13.1. The fraction of sp³-hybridized carbons (Fsp3) is 0.714. The quantitative estimate of drug-likeness (QED) is 0.291. The zero-order valence-corrected chi connectivity index (χ0v) is 21.9. The Labute approximate surface area is 213 Å². The van der Waals surface area contributed by atoms with Gasteiger partial charge < -0.3 is 19.7 Å². The van der Waals surface area contributed by atoms with Gasteiger partial charge in [0.25, 0.3) is 0 Å². The van der Waals surface area contributed by atoms with Crippen molar-refractivity contribution in [3.8, 4) is 0 Å². The van der Waals surface area contributed by atoms with E-state index in [-0.39, 0.29) is 60.9 Å². The number of hydrogen-bond donors (Lipinski definition) is 2. The van der Waals surface area contributed by atoms with Crippen LogP contribution in [0, 0.1) is 39.9 Å². The van der Waals surface area contributed by atoms with E-state index in [2.05, 4.69) is 13.2 Å². The summed E-state index contributed by atoms with van der Waals surface area (Å²) < 4.78 is 10.8. The van der Waals surface area contributed by atoms with Crippen LogP contribution in [0.1, 0.15) is 72.6 Å². The number of rotatable bonds is 12. The molecule has 4 rings (SSSR count). The molecule has 0 aromatic heterocycles. The van der Waals surface area contributed by atoms with Crippen LogP contribution in [0.4, 0.5) is 0 Å². The van der Waals surface area contributed by atoms with E-state index in [1.165, 1.54) is 0 Å². The number of carbonyl (C=O) groups excluding carboxylic acids is 2. The zero-order chi connectivity index (χ0) is 27.1. The van der Waals surface area contributed by atoms with Gasteiger partial charge in [0, 0.05) is 16.6 Å². The number of aliphatic carboxylic acids is 2. The highest BCUT2D eigenvalue weighted by atomic mass is 16.5. The van der Waals surface area contributed by atoms with Gasteiger partial charge >= 0.3 is 23.9 Å². The zero-order valence-electron chi connectivity index (χ0n) is 21.9. The maximum atomic E-state index is 13.1. The molecule has 8 heteroatoms. The van der Waals surface area contributed by atoms with Crippen LogP contribution in [0.5, 0.6) is 0 Å². The standard InChI is InChI=1S/C28H40O8/c1-16(2)22(29)35-14-18(5)8-28(9-19(6)15-36-23(30)17(3)4)26(24(31)32)10-20-7-21(12-26)13-27(28,11-20)25(33)34/h18-21H,1,3,7-15H2,2,4-6H3,(H,31,32)(H,33,34). The summed E-state index contributed by atoms with van der Waals surface area (Å²) >= 11 is 0. The maximum Gasteiger partial charge on any atom is 0.333 e. The largest absolute Gasteiger partial charge is 0.481 e. The van der Waals surface area contributed by atoms with Gasteiger partial charge in [-0.15, -0.1) is 0 Å². The molecule has 0 amide bonds. The summed E-state index contributed by atoms with van der Waals surface area (Å²) in [6.45, 7) is 14.1. The lowest BCUT2D eigenvalue weighted by atomic mass is 9.31. The van der Waals surface area contributed by atoms with E-state index in [1.54, 1.807) is 13.8 Å². The molecule has 4 aliphatic rings. The van der Waals surface area contributed by atoms with Crippen molar-refractivity contribution in [1.29, 1.82) is 0 Å². The first kappa shape index (κ1) is 27.9. The smallest absolute Gasteiger partial charge is 0.333 e. The monoisotopic (exact) mass is 504 g/mol. The fourth-order valence-corrected chi connectivity index (χ4v) is 7.94. The van der Waals surface area contributed by atoms with E-state index >= 15 is 0 Å². The molecule has 0 radical (unpaired) electrons. The van der Waals surface area contributed by atoms with Crippen LogP contribution in [0.25, 0.3) is 0 Å². The van der Waals surface area contributed by atoms with Crippen LogP contribution >= 0.6 is 0 Å². The third-order valence-electron chi connectivity index (χ3n) is 8.95. The molecule has 0 aromatic rings. The highest BCUT2D eigenvalue weighted by molar-refractivity contribution is 5.87. The van der Waals surface area contributed by atoms with Crippen molar-refractivity contribution in [2.24, 2.45) is 39.9 Å². The van der Waals surface area contributed by atoms with Gasteiger partial charge in [-0.05, 0) is 82.5 Å². The Bertz CT molecular complexity index is 875. The average molecular weight is 505 g/mol. The lowest BCUT2D eigenvalue weighted by Crippen LogP contribution is -2.71. The highest BCUT2D eigenvalue weighted by Gasteiger charge is 2.76. The summed E-state index contributed by atoms with van der Waals surface area (Å²) in [4.78, 5) is 50.3. The lowest BCUT2D eigenvalue weighted by molar-refractivity contribution is -0.254. The predicted molar refractivity (Wildman–Crippen MR) is 132 cm³/mol. The average Bonchev–Trinajstić information content (AvgIpc) is 2.78. The second-order valence-electron chi connectivity index (χ2n) is 12.0. The van der Waals surface area contributed by atoms with E-state index in [0.29, 0.717) is 25.7 Å². The molecular weight excluding hydrogens is 464 g/mol. The molecule has 4 aliphatic carbocycles. The number of hydrogen-bond acceptors (Lipinski definition) is 6. The summed E-state index contributed by atoms with van der Waals surface area (Å²) in [5, 5.41) is 21.5. The number of esters is 2. The van der Waals surface area contributed by atoms with Crippen molar-refractivity contribution in [1.82, 2.24) is 0 Å². The number of carboxylic acids is 2. The Morgan fingerprint density at radius 3 is 1.39 bits per heavy atom. The minimum absolute atomic E-state index is 0.0464. The van der Waals surface area contributed by atoms with E-state index in [9.17, 15) is 29.4 Å². The molecule has 4 fully saturated rings. The van der Waals surface area contributed by atoms with E-state index in [4.69, 9.17) is 9.47 Å². The van der Waals surface area contributed by atoms with Crippen molar-refractivity contribution in [3.63, 3.8) is 0 Å². The second kappa shape index (κ2) is 10.0. The highest BCUT2D eigenvalue weighted by Crippen LogP contribution is 2.77. The molecule has 4 saturated carbocycles. The van der Waals surface area contributed by atoms with Crippen LogP contribution in [0.15, 0.2) is 24.3 Å². The van der Waals surface area contributed by atoms with Crippen LogP contribution in [0.3, 0.4) is 0 Å². The van der Waals surface area contributed by atoms with Crippen LogP contribution in [-0.2, 0) is 28.7 Å². The third-order valence-corrected chi connectivity index (χ3v) is 8.95. The summed E-state index contributed by atoms with van der Waals surface area (Å²) in [6.07, 6.45) is 3.24. The minimum Gasteiger partial charge on any atom is -0.481 e. The molecule has 200 valence electrons. The Hall–Kier alpha value is -2.64. The SMILES string of the molecule is C=C(C)C(=O)OCC(C)CC1(CC(C)COC(=O)C(=C)C)C2(C(=O)O)CC3CC(C2)CC1(C(=O)O)C3. The van der Waals surface area contributed by atoms with E-state index in [0.717, 1.165) is 6.42 Å². The van der Waals surface area contributed by atoms with Crippen molar-refractivity contribution in [2.45, 2.75) is 72.6 Å². The first-order valence-corrected chi connectivity index (χ1v) is 12.8. The number of ether oxygens (including phenoxy) is 2. The molecule has 0 saturated heterocycles. The van der Waals surface area contributed by atoms with Crippen molar-refractivity contribution >= 4 is 23.9 Å². The van der Waals surface area contributed by atoms with Crippen LogP contribution < -0.4 is 0 Å². The van der Waals surface area contributed by atoms with Gasteiger partial charge in [-0.3, -0.25) is 9.59 Å². The molecule has 0 aliphatic heterocycles. The van der Waals surface area contributed by atoms with Gasteiger partial charge in [0.05, 0.1) is 24.0 Å². The molecule has 2 atom stereocenters. The summed E-state index contributed by atoms with van der Waals surface area (Å²) in [5.41, 5.74) is -2.95. The molecule has 4 bridgehead atoms. The lowest BCUT2D eigenvalue weighted by Gasteiger charge is -2.70. The molecule has 36 heavy (non-hydrogen) atoms. The predicted octanol–water partition coefficient (Wildman–Crippen LogP) is 4.63. The van der Waals surface area contributed by atoms with Crippen molar-refractivity contribution in [3.05, 3.63) is 24.3 Å². The Morgan fingerprint density at radius 1 is 0.778 bits per heavy atom. The molecule has 2 N–H and O–H groups in total. The molecule has 2 unspecified atom stereocenters. The fourth-order valence-electron chi connectivity index (χ4n) is 7.94. The Balaban J connectivity index is 2.04. The van der Waals surface area contributed by atoms with Gasteiger partial charge in [0.2, 0.25) is 0 Å². The van der Waals surface area contributed by atoms with Crippen molar-refractivity contribution in [2.75, 3.05) is 13.2 Å². The van der Waals surface area contributed by atoms with Crippen molar-refractivity contribution < 1.29 is 38.9 Å². The van der Waals surface area contributed by atoms with E-state index in [1.807, 2.05) is 13.8 Å². The Kier molecular flexibility index (Phi) is 7.78. The summed E-state index contributed by atoms with van der Waals surface area (Å²) in [6, 6.07) is 0. The minimum atomic E-state index is -1.20. The van der Waals surface area contributed by atoms with Gasteiger partial charge in [-0.1, -0.05) is 27.0 Å². The molecule has 8 nitrogen and oxygen atoms in total. The van der Waals surface area contributed by atoms with Gasteiger partial charge in [-0.25, -0.2) is 9.59 Å². The molecule has 0 heterocycles. The first-order valence-electron chi connectivity index (χ1n) is 12.8. The molecular formula is C28H40O8. The van der Waals surface area contributed by atoms with Gasteiger partial charge in [-0.2, -0.15) is 0 Å².